The molecule has 1 atom stereocenters. The van der Waals surface area contributed by atoms with E-state index in [-0.39, 0.29) is 17.6 Å². The van der Waals surface area contributed by atoms with Gasteiger partial charge in [0.2, 0.25) is 11.0 Å². The van der Waals surface area contributed by atoms with Crippen molar-refractivity contribution in [2.75, 3.05) is 25.3 Å². The van der Waals surface area contributed by atoms with Crippen molar-refractivity contribution in [3.63, 3.8) is 0 Å². The first kappa shape index (κ1) is 18.2. The predicted octanol–water partition coefficient (Wildman–Crippen LogP) is 2.45. The fourth-order valence-corrected chi connectivity index (χ4v) is 3.12. The summed E-state index contributed by atoms with van der Waals surface area (Å²) in [5.74, 6) is 0.283. The number of nitrogens with zero attached hydrogens (tertiary/aromatic N) is 2. The van der Waals surface area contributed by atoms with Gasteiger partial charge >= 0.3 is 5.97 Å². The summed E-state index contributed by atoms with van der Waals surface area (Å²) in [6.45, 7) is 1.72. The van der Waals surface area contributed by atoms with Crippen LogP contribution in [0.3, 0.4) is 0 Å². The molecule has 0 radical (unpaired) electrons. The van der Waals surface area contributed by atoms with E-state index in [9.17, 15) is 9.59 Å². The van der Waals surface area contributed by atoms with Crippen LogP contribution in [0.15, 0.2) is 24.3 Å². The zero-order valence-electron chi connectivity index (χ0n) is 13.4. The zero-order valence-corrected chi connectivity index (χ0v) is 15.1. The number of benzene rings is 1. The van der Waals surface area contributed by atoms with E-state index in [1.807, 2.05) is 24.3 Å². The molecule has 2 rings (SSSR count). The summed E-state index contributed by atoms with van der Waals surface area (Å²) in [6, 6.07) is 7.42. The van der Waals surface area contributed by atoms with Gasteiger partial charge in [-0.2, -0.15) is 0 Å². The Hall–Kier alpha value is -2.13. The van der Waals surface area contributed by atoms with Crippen molar-refractivity contribution in [2.45, 2.75) is 12.2 Å². The third-order valence-electron chi connectivity index (χ3n) is 3.04. The molecule has 0 saturated heterocycles. The maximum absolute atomic E-state index is 12.1. The predicted molar refractivity (Wildman–Crippen MR) is 94.5 cm³/mol. The van der Waals surface area contributed by atoms with Crippen molar-refractivity contribution in [1.82, 2.24) is 10.2 Å². The van der Waals surface area contributed by atoms with E-state index >= 15 is 0 Å². The number of carbonyl (C=O) groups excluding carboxylic acids is 2. The van der Waals surface area contributed by atoms with Gasteiger partial charge in [0.1, 0.15) is 10.8 Å². The molecule has 1 heterocycles. The summed E-state index contributed by atoms with van der Waals surface area (Å²) in [5, 5.41) is 11.5. The molecule has 24 heavy (non-hydrogen) atoms. The molecule has 0 aliphatic carbocycles. The lowest BCUT2D eigenvalue weighted by Gasteiger charge is -2.08. The van der Waals surface area contributed by atoms with E-state index in [2.05, 4.69) is 20.3 Å². The first-order valence-electron chi connectivity index (χ1n) is 7.00. The summed E-state index contributed by atoms with van der Waals surface area (Å²) in [5.41, 5.74) is 0.891. The minimum atomic E-state index is -0.405. The lowest BCUT2D eigenvalue weighted by Crippen LogP contribution is -2.23. The molecule has 2 aromatic rings. The summed E-state index contributed by atoms with van der Waals surface area (Å²) >= 11 is 2.48. The number of aromatic nitrogens is 2. The quantitative estimate of drug-likeness (QED) is 0.752. The Labute approximate surface area is 147 Å². The van der Waals surface area contributed by atoms with Gasteiger partial charge in [0.05, 0.1) is 25.2 Å². The van der Waals surface area contributed by atoms with Gasteiger partial charge in [0.25, 0.3) is 0 Å². The number of hydrogen-bond donors (Lipinski definition) is 1. The molecule has 9 heteroatoms. The van der Waals surface area contributed by atoms with Crippen LogP contribution in [0.5, 0.6) is 5.75 Å². The van der Waals surface area contributed by atoms with Gasteiger partial charge < -0.3 is 9.47 Å². The number of carbonyl (C=O) groups is 2. The minimum Gasteiger partial charge on any atom is -0.497 e. The van der Waals surface area contributed by atoms with Crippen molar-refractivity contribution in [1.29, 1.82) is 0 Å². The summed E-state index contributed by atoms with van der Waals surface area (Å²) in [7, 11) is 2.92. The fraction of sp³-hybridized carbons (Fsp3) is 0.333. The third kappa shape index (κ3) is 4.93. The van der Waals surface area contributed by atoms with Crippen molar-refractivity contribution in [3.05, 3.63) is 24.3 Å². The average Bonchev–Trinajstić information content (AvgIpc) is 3.07. The fourth-order valence-electron chi connectivity index (χ4n) is 1.66. The number of nitrogens with one attached hydrogen (secondary N) is 1. The molecule has 0 unspecified atom stereocenters. The van der Waals surface area contributed by atoms with E-state index in [1.54, 1.807) is 14.0 Å². The summed E-state index contributed by atoms with van der Waals surface area (Å²) < 4.78 is 9.66. The molecular weight excluding hydrogens is 350 g/mol. The molecule has 1 aromatic heterocycles. The van der Waals surface area contributed by atoms with Crippen molar-refractivity contribution >= 4 is 40.1 Å². The number of methoxy groups -OCH3 is 2. The van der Waals surface area contributed by atoms with Crippen LogP contribution >= 0.6 is 23.1 Å². The molecular formula is C15H17N3O4S2. The number of ether oxygens (including phenoxy) is 2. The van der Waals surface area contributed by atoms with Gasteiger partial charge in [-0.1, -0.05) is 11.3 Å². The van der Waals surface area contributed by atoms with Crippen LogP contribution < -0.4 is 10.1 Å². The smallest absolute Gasteiger partial charge is 0.315 e. The van der Waals surface area contributed by atoms with Crippen LogP contribution in [0.2, 0.25) is 0 Å². The lowest BCUT2D eigenvalue weighted by atomic mass is 10.2. The van der Waals surface area contributed by atoms with Crippen molar-refractivity contribution in [2.24, 2.45) is 0 Å². The monoisotopic (exact) mass is 367 g/mol. The number of amides is 1. The topological polar surface area (TPSA) is 90.4 Å². The van der Waals surface area contributed by atoms with Crippen LogP contribution in [0.25, 0.3) is 10.6 Å². The van der Waals surface area contributed by atoms with Crippen molar-refractivity contribution in [3.8, 4) is 16.3 Å². The first-order valence-corrected chi connectivity index (χ1v) is 8.87. The Morgan fingerprint density at radius 3 is 2.58 bits per heavy atom. The highest BCUT2D eigenvalue weighted by atomic mass is 32.2. The lowest BCUT2D eigenvalue weighted by molar-refractivity contribution is -0.137. The highest BCUT2D eigenvalue weighted by molar-refractivity contribution is 8.01. The Bertz CT molecular complexity index is 703. The van der Waals surface area contributed by atoms with E-state index < -0.39 is 5.25 Å². The van der Waals surface area contributed by atoms with Gasteiger partial charge in [0.15, 0.2) is 0 Å². The van der Waals surface area contributed by atoms with Crippen molar-refractivity contribution < 1.29 is 19.1 Å². The standard InChI is InChI=1S/C15H17N3O4S2/c1-9(23-8-12(19)22-3)13(20)16-15-18-17-14(24-15)10-4-6-11(21-2)7-5-10/h4-7,9H,8H2,1-3H3,(H,16,18,20)/t9-/m0/s1. The maximum Gasteiger partial charge on any atom is 0.315 e. The molecule has 0 aliphatic heterocycles. The normalized spacial score (nSPS) is 11.6. The summed E-state index contributed by atoms with van der Waals surface area (Å²) in [6.07, 6.45) is 0. The zero-order chi connectivity index (χ0) is 17.5. The van der Waals surface area contributed by atoms with Gasteiger partial charge in [-0.05, 0) is 31.2 Å². The minimum absolute atomic E-state index is 0.123. The number of rotatable bonds is 7. The van der Waals surface area contributed by atoms with E-state index in [1.165, 1.54) is 30.2 Å². The van der Waals surface area contributed by atoms with Crippen LogP contribution in [0, 0.1) is 0 Å². The number of anilines is 1. The van der Waals surface area contributed by atoms with Gasteiger partial charge in [0, 0.05) is 5.56 Å². The Morgan fingerprint density at radius 2 is 1.96 bits per heavy atom. The van der Waals surface area contributed by atoms with Crippen LogP contribution in [0.1, 0.15) is 6.92 Å². The van der Waals surface area contributed by atoms with Gasteiger partial charge in [-0.15, -0.1) is 22.0 Å². The molecule has 0 fully saturated rings. The highest BCUT2D eigenvalue weighted by Gasteiger charge is 2.17. The highest BCUT2D eigenvalue weighted by Crippen LogP contribution is 2.28. The van der Waals surface area contributed by atoms with Crippen LogP contribution in [-0.2, 0) is 14.3 Å². The second kappa shape index (κ2) is 8.65. The van der Waals surface area contributed by atoms with Gasteiger partial charge in [-0.3, -0.25) is 14.9 Å². The first-order chi connectivity index (χ1) is 11.5. The molecule has 128 valence electrons. The van der Waals surface area contributed by atoms with Crippen LogP contribution in [0.4, 0.5) is 5.13 Å². The SMILES string of the molecule is COC(=O)CS[C@@H](C)C(=O)Nc1nnc(-c2ccc(OC)cc2)s1. The second-order valence-electron chi connectivity index (χ2n) is 4.66. The molecule has 7 nitrogen and oxygen atoms in total. The number of hydrogen-bond acceptors (Lipinski definition) is 8. The van der Waals surface area contributed by atoms with E-state index in [4.69, 9.17) is 4.74 Å². The number of esters is 1. The van der Waals surface area contributed by atoms with Crippen LogP contribution in [-0.4, -0.2) is 47.3 Å². The maximum atomic E-state index is 12.1. The molecule has 0 aliphatic rings. The molecule has 1 aromatic carbocycles. The number of thioether (sulfide) groups is 1. The Balaban J connectivity index is 1.95. The second-order valence-corrected chi connectivity index (χ2v) is 6.97. The molecule has 1 amide bonds. The van der Waals surface area contributed by atoms with E-state index in [0.29, 0.717) is 10.1 Å². The molecule has 0 saturated carbocycles. The molecule has 0 spiro atoms. The Morgan fingerprint density at radius 1 is 1.25 bits per heavy atom. The summed E-state index contributed by atoms with van der Waals surface area (Å²) in [4.78, 5) is 23.2. The van der Waals surface area contributed by atoms with E-state index in [0.717, 1.165) is 11.3 Å². The van der Waals surface area contributed by atoms with Gasteiger partial charge in [-0.25, -0.2) is 0 Å². The third-order valence-corrected chi connectivity index (χ3v) is 5.04. The Kier molecular flexibility index (Phi) is 6.56. The molecule has 0 bridgehead atoms. The molecule has 1 N–H and O–H groups in total. The average molecular weight is 367 g/mol. The largest absolute Gasteiger partial charge is 0.497 e.